The standard InChI is InChI=1S/C7H6BrNO3/c1-3-6(8)4(7(11)12)2-5(10)9-3/h2H,1H3,(H,9,10)(H,11,12). The molecule has 0 spiro atoms. The van der Waals surface area contributed by atoms with Crippen molar-refractivity contribution >= 4 is 21.9 Å². The topological polar surface area (TPSA) is 70.2 Å². The predicted octanol–water partition coefficient (Wildman–Crippen LogP) is 1.14. The highest BCUT2D eigenvalue weighted by atomic mass is 79.9. The molecule has 0 saturated heterocycles. The number of aromatic amines is 1. The van der Waals surface area contributed by atoms with Crippen molar-refractivity contribution in [3.63, 3.8) is 0 Å². The van der Waals surface area contributed by atoms with Gasteiger partial charge in [0.15, 0.2) is 0 Å². The third-order valence-electron chi connectivity index (χ3n) is 1.38. The highest BCUT2D eigenvalue weighted by molar-refractivity contribution is 9.10. The molecule has 0 amide bonds. The zero-order valence-electron chi connectivity index (χ0n) is 6.22. The molecular weight excluding hydrogens is 226 g/mol. The van der Waals surface area contributed by atoms with E-state index in [-0.39, 0.29) is 5.56 Å². The average Bonchev–Trinajstić information content (AvgIpc) is 1.96. The molecule has 0 saturated carbocycles. The molecule has 1 rings (SSSR count). The molecule has 0 aliphatic rings. The van der Waals surface area contributed by atoms with Crippen LogP contribution < -0.4 is 5.56 Å². The number of nitrogens with one attached hydrogen (secondary N) is 1. The van der Waals surface area contributed by atoms with E-state index in [0.29, 0.717) is 10.2 Å². The van der Waals surface area contributed by atoms with Crippen LogP contribution in [0.4, 0.5) is 0 Å². The van der Waals surface area contributed by atoms with Gasteiger partial charge in [-0.3, -0.25) is 4.79 Å². The van der Waals surface area contributed by atoms with E-state index in [9.17, 15) is 9.59 Å². The monoisotopic (exact) mass is 231 g/mol. The van der Waals surface area contributed by atoms with Crippen molar-refractivity contribution < 1.29 is 9.90 Å². The second kappa shape index (κ2) is 3.10. The number of carboxylic acid groups (broad SMARTS) is 1. The van der Waals surface area contributed by atoms with Crippen LogP contribution in [0.1, 0.15) is 16.1 Å². The van der Waals surface area contributed by atoms with Crippen LogP contribution in [-0.4, -0.2) is 16.1 Å². The highest BCUT2D eigenvalue weighted by Crippen LogP contribution is 2.16. The summed E-state index contributed by atoms with van der Waals surface area (Å²) in [6.07, 6.45) is 0. The molecule has 12 heavy (non-hydrogen) atoms. The first-order valence-corrected chi connectivity index (χ1v) is 3.94. The molecule has 1 aromatic heterocycles. The van der Waals surface area contributed by atoms with Crippen molar-refractivity contribution in [1.29, 1.82) is 0 Å². The van der Waals surface area contributed by atoms with Crippen LogP contribution in [-0.2, 0) is 0 Å². The molecule has 0 aliphatic heterocycles. The van der Waals surface area contributed by atoms with Gasteiger partial charge in [0.2, 0.25) is 5.56 Å². The summed E-state index contributed by atoms with van der Waals surface area (Å²) in [7, 11) is 0. The lowest BCUT2D eigenvalue weighted by atomic mass is 10.2. The molecule has 2 N–H and O–H groups in total. The van der Waals surface area contributed by atoms with Gasteiger partial charge in [-0.1, -0.05) is 0 Å². The minimum absolute atomic E-state index is 0.0174. The molecule has 5 heteroatoms. The van der Waals surface area contributed by atoms with E-state index in [0.717, 1.165) is 6.07 Å². The molecule has 0 aliphatic carbocycles. The molecule has 1 aromatic rings. The van der Waals surface area contributed by atoms with Crippen molar-refractivity contribution in [1.82, 2.24) is 4.98 Å². The predicted molar refractivity (Wildman–Crippen MR) is 46.5 cm³/mol. The summed E-state index contributed by atoms with van der Waals surface area (Å²) < 4.78 is 0.412. The van der Waals surface area contributed by atoms with Crippen LogP contribution in [0.2, 0.25) is 0 Å². The Morgan fingerprint density at radius 2 is 2.25 bits per heavy atom. The van der Waals surface area contributed by atoms with Gasteiger partial charge in [-0.05, 0) is 22.9 Å². The molecule has 0 fully saturated rings. The normalized spacial score (nSPS) is 9.83. The zero-order chi connectivity index (χ0) is 9.30. The lowest BCUT2D eigenvalue weighted by Crippen LogP contribution is -2.12. The molecule has 64 valence electrons. The number of hydrogen-bond acceptors (Lipinski definition) is 2. The number of hydrogen-bond donors (Lipinski definition) is 2. The van der Waals surface area contributed by atoms with Gasteiger partial charge in [0.1, 0.15) is 0 Å². The SMILES string of the molecule is Cc1[nH]c(=O)cc(C(=O)O)c1Br. The Bertz CT molecular complexity index is 383. The van der Waals surface area contributed by atoms with Gasteiger partial charge in [-0.25, -0.2) is 4.79 Å². The van der Waals surface area contributed by atoms with Crippen molar-refractivity contribution in [3.8, 4) is 0 Å². The van der Waals surface area contributed by atoms with Crippen molar-refractivity contribution in [2.45, 2.75) is 6.92 Å². The third kappa shape index (κ3) is 1.55. The first-order chi connectivity index (χ1) is 5.52. The number of H-pyrrole nitrogens is 1. The van der Waals surface area contributed by atoms with Gasteiger partial charge in [0.25, 0.3) is 0 Å². The number of carboxylic acids is 1. The van der Waals surface area contributed by atoms with Gasteiger partial charge in [0.05, 0.1) is 10.0 Å². The number of aromatic nitrogens is 1. The van der Waals surface area contributed by atoms with Crippen LogP contribution in [0.3, 0.4) is 0 Å². The molecule has 0 unspecified atom stereocenters. The smallest absolute Gasteiger partial charge is 0.337 e. The van der Waals surface area contributed by atoms with E-state index in [1.807, 2.05) is 0 Å². The third-order valence-corrected chi connectivity index (χ3v) is 2.40. The van der Waals surface area contributed by atoms with Crippen LogP contribution in [0.25, 0.3) is 0 Å². The summed E-state index contributed by atoms with van der Waals surface area (Å²) in [5.74, 6) is -1.11. The molecule has 0 radical (unpaired) electrons. The summed E-state index contributed by atoms with van der Waals surface area (Å²) in [4.78, 5) is 23.8. The van der Waals surface area contributed by atoms with Crippen LogP contribution in [0, 0.1) is 6.92 Å². The van der Waals surface area contributed by atoms with E-state index in [2.05, 4.69) is 20.9 Å². The fourth-order valence-corrected chi connectivity index (χ4v) is 1.21. The van der Waals surface area contributed by atoms with Crippen LogP contribution >= 0.6 is 15.9 Å². The first kappa shape index (κ1) is 8.99. The fraction of sp³-hybridized carbons (Fsp3) is 0.143. The van der Waals surface area contributed by atoms with E-state index >= 15 is 0 Å². The minimum Gasteiger partial charge on any atom is -0.478 e. The summed E-state index contributed by atoms with van der Waals surface area (Å²) in [5.41, 5.74) is 0.0873. The van der Waals surface area contributed by atoms with Gasteiger partial charge in [0, 0.05) is 11.8 Å². The number of aromatic carboxylic acids is 1. The lowest BCUT2D eigenvalue weighted by molar-refractivity contribution is 0.0695. The van der Waals surface area contributed by atoms with Crippen LogP contribution in [0.5, 0.6) is 0 Å². The highest BCUT2D eigenvalue weighted by Gasteiger charge is 2.10. The molecule has 0 aromatic carbocycles. The Hall–Kier alpha value is -1.10. The second-order valence-electron chi connectivity index (χ2n) is 2.29. The van der Waals surface area contributed by atoms with E-state index in [1.54, 1.807) is 6.92 Å². The molecule has 0 atom stereocenters. The summed E-state index contributed by atoms with van der Waals surface area (Å²) in [6, 6.07) is 1.04. The summed E-state index contributed by atoms with van der Waals surface area (Å²) >= 11 is 3.06. The Morgan fingerprint density at radius 1 is 1.67 bits per heavy atom. The Kier molecular flexibility index (Phi) is 2.32. The zero-order valence-corrected chi connectivity index (χ0v) is 7.81. The number of pyridine rings is 1. The summed E-state index contributed by atoms with van der Waals surface area (Å²) in [6.45, 7) is 1.62. The molecule has 1 heterocycles. The summed E-state index contributed by atoms with van der Waals surface area (Å²) in [5, 5.41) is 8.63. The van der Waals surface area contributed by atoms with E-state index in [1.165, 1.54) is 0 Å². The number of halogens is 1. The molecular formula is C7H6BrNO3. The maximum Gasteiger partial charge on any atom is 0.337 e. The fourth-order valence-electron chi connectivity index (χ4n) is 0.828. The maximum absolute atomic E-state index is 10.8. The number of carbonyl (C=O) groups is 1. The average molecular weight is 232 g/mol. The Morgan fingerprint density at radius 3 is 2.75 bits per heavy atom. The van der Waals surface area contributed by atoms with Gasteiger partial charge in [-0.2, -0.15) is 0 Å². The van der Waals surface area contributed by atoms with E-state index in [4.69, 9.17) is 5.11 Å². The van der Waals surface area contributed by atoms with Crippen molar-refractivity contribution in [3.05, 3.63) is 32.2 Å². The van der Waals surface area contributed by atoms with Gasteiger partial charge < -0.3 is 10.1 Å². The number of aryl methyl sites for hydroxylation is 1. The Balaban J connectivity index is 3.48. The quantitative estimate of drug-likeness (QED) is 0.762. The second-order valence-corrected chi connectivity index (χ2v) is 3.08. The molecule has 0 bridgehead atoms. The number of rotatable bonds is 1. The largest absolute Gasteiger partial charge is 0.478 e. The maximum atomic E-state index is 10.8. The first-order valence-electron chi connectivity index (χ1n) is 3.15. The minimum atomic E-state index is -1.11. The Labute approximate surface area is 76.4 Å². The van der Waals surface area contributed by atoms with Crippen molar-refractivity contribution in [2.24, 2.45) is 0 Å². The lowest BCUT2D eigenvalue weighted by Gasteiger charge is -2.00. The van der Waals surface area contributed by atoms with Crippen molar-refractivity contribution in [2.75, 3.05) is 0 Å². The molecule has 4 nitrogen and oxygen atoms in total. The van der Waals surface area contributed by atoms with Gasteiger partial charge >= 0.3 is 5.97 Å². The van der Waals surface area contributed by atoms with E-state index < -0.39 is 11.5 Å². The van der Waals surface area contributed by atoms with Gasteiger partial charge in [-0.15, -0.1) is 0 Å². The van der Waals surface area contributed by atoms with Crippen LogP contribution in [0.15, 0.2) is 15.3 Å².